The third-order valence-electron chi connectivity index (χ3n) is 2.82. The lowest BCUT2D eigenvalue weighted by Crippen LogP contribution is -2.35. The number of primary amides is 2. The van der Waals surface area contributed by atoms with E-state index in [0.29, 0.717) is 12.8 Å². The minimum Gasteiger partial charge on any atom is -0.353 e. The molecule has 0 rings (SSSR count). The quantitative estimate of drug-likeness (QED) is 0.166. The van der Waals surface area contributed by atoms with E-state index in [0.717, 1.165) is 0 Å². The second-order valence-corrected chi connectivity index (χ2v) is 5.42. The van der Waals surface area contributed by atoms with Gasteiger partial charge in [-0.25, -0.2) is 19.2 Å². The Morgan fingerprint density at radius 3 is 1.48 bits per heavy atom. The van der Waals surface area contributed by atoms with Crippen molar-refractivity contribution in [2.75, 3.05) is 13.1 Å². The maximum absolute atomic E-state index is 11.5. The summed E-state index contributed by atoms with van der Waals surface area (Å²) in [6, 6.07) is -3.20. The SMILES string of the molecule is NC(=O)NCCC[C@H](N)C(=O)OSOC(=O)[C@@H](N)CCCNC(N)=O. The van der Waals surface area contributed by atoms with Crippen molar-refractivity contribution in [3.63, 3.8) is 0 Å². The molecule has 0 heterocycles. The Balaban J connectivity index is 3.81. The fourth-order valence-corrected chi connectivity index (χ4v) is 1.93. The van der Waals surface area contributed by atoms with Gasteiger partial charge in [0.2, 0.25) is 0 Å². The molecule has 0 saturated heterocycles. The highest BCUT2D eigenvalue weighted by Gasteiger charge is 2.19. The molecule has 0 aliphatic carbocycles. The number of nitrogens with two attached hydrogens (primary N) is 4. The fraction of sp³-hybridized carbons (Fsp3) is 0.667. The van der Waals surface area contributed by atoms with Gasteiger partial charge in [0.05, 0.1) is 0 Å². The van der Waals surface area contributed by atoms with Crippen LogP contribution in [0.3, 0.4) is 0 Å². The van der Waals surface area contributed by atoms with Crippen LogP contribution in [0, 0.1) is 0 Å². The smallest absolute Gasteiger partial charge is 0.337 e. The molecule has 0 aromatic heterocycles. The minimum atomic E-state index is -0.936. The fourth-order valence-electron chi connectivity index (χ4n) is 1.51. The van der Waals surface area contributed by atoms with Crippen LogP contribution in [0.5, 0.6) is 0 Å². The molecule has 25 heavy (non-hydrogen) atoms. The van der Waals surface area contributed by atoms with Gasteiger partial charge in [0.15, 0.2) is 0 Å². The highest BCUT2D eigenvalue weighted by atomic mass is 32.2. The van der Waals surface area contributed by atoms with E-state index in [9.17, 15) is 19.2 Å². The summed E-state index contributed by atoms with van der Waals surface area (Å²) >= 11 is 0.176. The first-order valence-electron chi connectivity index (χ1n) is 7.40. The number of hydrogen-bond donors (Lipinski definition) is 6. The molecule has 0 aliphatic heterocycles. The Labute approximate surface area is 149 Å². The summed E-state index contributed by atoms with van der Waals surface area (Å²) in [7, 11) is 0. The van der Waals surface area contributed by atoms with Gasteiger partial charge in [-0.3, -0.25) is 0 Å². The van der Waals surface area contributed by atoms with Crippen LogP contribution in [0.2, 0.25) is 0 Å². The maximum Gasteiger partial charge on any atom is 0.337 e. The molecule has 0 fully saturated rings. The number of hydrogen-bond acceptors (Lipinski definition) is 9. The van der Waals surface area contributed by atoms with Crippen molar-refractivity contribution in [1.29, 1.82) is 0 Å². The second-order valence-electron chi connectivity index (χ2n) is 4.95. The van der Waals surface area contributed by atoms with E-state index in [1.54, 1.807) is 0 Å². The summed E-state index contributed by atoms with van der Waals surface area (Å²) in [5.41, 5.74) is 20.9. The molecule has 2 atom stereocenters. The third-order valence-corrected chi connectivity index (χ3v) is 3.28. The van der Waals surface area contributed by atoms with Crippen LogP contribution < -0.4 is 33.6 Å². The van der Waals surface area contributed by atoms with E-state index in [4.69, 9.17) is 22.9 Å². The van der Waals surface area contributed by atoms with Crippen LogP contribution in [-0.4, -0.2) is 49.2 Å². The van der Waals surface area contributed by atoms with Crippen molar-refractivity contribution in [3.8, 4) is 0 Å². The van der Waals surface area contributed by atoms with Crippen LogP contribution in [0.25, 0.3) is 0 Å². The van der Waals surface area contributed by atoms with Gasteiger partial charge in [-0.2, -0.15) is 0 Å². The Kier molecular flexibility index (Phi) is 11.9. The molecule has 0 unspecified atom stereocenters. The lowest BCUT2D eigenvalue weighted by atomic mass is 10.2. The standard InChI is InChI=1S/C12H24N6O6S/c13-7(3-1-5-17-11(15)21)9(19)23-25-24-10(20)8(14)4-2-6-18-12(16)22/h7-8H,1-6,13-14H2,(H3,15,17,21)(H3,16,18,22)/t7-,8-/m0/s1. The molecule has 4 amide bonds. The van der Waals surface area contributed by atoms with E-state index in [1.807, 2.05) is 0 Å². The molecule has 144 valence electrons. The van der Waals surface area contributed by atoms with Crippen molar-refractivity contribution in [2.24, 2.45) is 22.9 Å². The maximum atomic E-state index is 11.5. The summed E-state index contributed by atoms with van der Waals surface area (Å²) in [6.45, 7) is 0.551. The van der Waals surface area contributed by atoms with Gasteiger partial charge in [-0.1, -0.05) is 0 Å². The predicted molar refractivity (Wildman–Crippen MR) is 89.4 cm³/mol. The third kappa shape index (κ3) is 12.8. The number of rotatable bonds is 12. The number of nitrogens with one attached hydrogen (secondary N) is 2. The van der Waals surface area contributed by atoms with E-state index in [1.165, 1.54) is 0 Å². The molecule has 10 N–H and O–H groups in total. The van der Waals surface area contributed by atoms with Crippen molar-refractivity contribution < 1.29 is 27.5 Å². The first kappa shape index (κ1) is 22.8. The van der Waals surface area contributed by atoms with Crippen LogP contribution in [0.4, 0.5) is 9.59 Å². The van der Waals surface area contributed by atoms with Gasteiger partial charge >= 0.3 is 24.0 Å². The summed E-state index contributed by atoms with van der Waals surface area (Å²) < 4.78 is 9.26. The molecule has 0 aromatic rings. The zero-order chi connectivity index (χ0) is 19.2. The highest BCUT2D eigenvalue weighted by molar-refractivity contribution is 7.90. The molecule has 0 aromatic carbocycles. The van der Waals surface area contributed by atoms with Crippen molar-refractivity contribution in [3.05, 3.63) is 0 Å². The van der Waals surface area contributed by atoms with Gasteiger partial charge in [0.1, 0.15) is 12.1 Å². The van der Waals surface area contributed by atoms with E-state index in [2.05, 4.69) is 19.0 Å². The van der Waals surface area contributed by atoms with Crippen LogP contribution in [-0.2, 0) is 18.0 Å². The minimum absolute atomic E-state index is 0.176. The molecular formula is C12H24N6O6S. The molecule has 0 radical (unpaired) electrons. The topological polar surface area (TPSA) is 215 Å². The Hall–Kier alpha value is -2.25. The monoisotopic (exact) mass is 380 g/mol. The molecule has 0 aliphatic rings. The largest absolute Gasteiger partial charge is 0.353 e. The molecule has 12 nitrogen and oxygen atoms in total. The highest BCUT2D eigenvalue weighted by Crippen LogP contribution is 2.10. The normalized spacial score (nSPS) is 12.6. The van der Waals surface area contributed by atoms with Crippen molar-refractivity contribution >= 4 is 36.3 Å². The van der Waals surface area contributed by atoms with Gasteiger partial charge < -0.3 is 41.9 Å². The Morgan fingerprint density at radius 2 is 1.16 bits per heavy atom. The van der Waals surface area contributed by atoms with Gasteiger partial charge in [0, 0.05) is 13.1 Å². The van der Waals surface area contributed by atoms with Gasteiger partial charge in [-0.05, 0) is 25.7 Å². The number of carbonyl (C=O) groups excluding carboxylic acids is 4. The predicted octanol–water partition coefficient (Wildman–Crippen LogP) is -1.81. The van der Waals surface area contributed by atoms with Crippen LogP contribution >= 0.6 is 12.3 Å². The summed E-state index contributed by atoms with van der Waals surface area (Å²) in [5.74, 6) is -1.56. The zero-order valence-electron chi connectivity index (χ0n) is 13.6. The summed E-state index contributed by atoms with van der Waals surface area (Å²) in [4.78, 5) is 44.0. The van der Waals surface area contributed by atoms with Crippen LogP contribution in [0.15, 0.2) is 0 Å². The van der Waals surface area contributed by atoms with E-state index < -0.39 is 36.1 Å². The first-order chi connectivity index (χ1) is 11.7. The molecular weight excluding hydrogens is 356 g/mol. The van der Waals surface area contributed by atoms with Crippen molar-refractivity contribution in [1.82, 2.24) is 10.6 Å². The van der Waals surface area contributed by atoms with E-state index >= 15 is 0 Å². The lowest BCUT2D eigenvalue weighted by molar-refractivity contribution is -0.137. The van der Waals surface area contributed by atoms with Crippen molar-refractivity contribution in [2.45, 2.75) is 37.8 Å². The van der Waals surface area contributed by atoms with Gasteiger partial charge in [-0.15, -0.1) is 0 Å². The number of carbonyl (C=O) groups is 4. The molecule has 0 bridgehead atoms. The molecule has 0 spiro atoms. The zero-order valence-corrected chi connectivity index (χ0v) is 14.4. The number of amides is 4. The second kappa shape index (κ2) is 13.1. The first-order valence-corrected chi connectivity index (χ1v) is 8.07. The molecule has 0 saturated carbocycles. The average molecular weight is 380 g/mol. The Bertz CT molecular complexity index is 425. The van der Waals surface area contributed by atoms with Crippen LogP contribution in [0.1, 0.15) is 25.7 Å². The molecule has 13 heteroatoms. The lowest BCUT2D eigenvalue weighted by Gasteiger charge is -2.11. The summed E-state index contributed by atoms with van der Waals surface area (Å²) in [6.07, 6.45) is 1.35. The van der Waals surface area contributed by atoms with Gasteiger partial charge in [0.25, 0.3) is 12.3 Å². The Morgan fingerprint density at radius 1 is 0.800 bits per heavy atom. The summed E-state index contributed by atoms with van der Waals surface area (Å²) in [5, 5.41) is 4.70. The number of urea groups is 2. The van der Waals surface area contributed by atoms with E-state index in [-0.39, 0.29) is 38.3 Å². The average Bonchev–Trinajstić information content (AvgIpc) is 2.54.